The molecule has 0 aromatic heterocycles. The minimum Gasteiger partial charge on any atom is -0.290 e. The van der Waals surface area contributed by atoms with E-state index in [4.69, 9.17) is 0 Å². The molecule has 154 valence electrons. The summed E-state index contributed by atoms with van der Waals surface area (Å²) < 4.78 is 30.0. The molecule has 1 aliphatic carbocycles. The molecule has 0 unspecified atom stereocenters. The van der Waals surface area contributed by atoms with Gasteiger partial charge in [0.15, 0.2) is 11.6 Å². The van der Waals surface area contributed by atoms with Gasteiger partial charge in [-0.15, -0.1) is 4.40 Å². The fourth-order valence-corrected chi connectivity index (χ4v) is 3.92. The van der Waals surface area contributed by atoms with Crippen molar-refractivity contribution in [1.82, 2.24) is 0 Å². The SMILES string of the molecule is CC1=CC(=N/C(=N\S(=O)(=O)c2ccc(C)cc2)c2ccccc2)C(C(C)C)=CC1=O. The minimum atomic E-state index is -3.96. The van der Waals surface area contributed by atoms with E-state index in [0.717, 1.165) is 11.1 Å². The van der Waals surface area contributed by atoms with Crippen LogP contribution >= 0.6 is 0 Å². The summed E-state index contributed by atoms with van der Waals surface area (Å²) in [4.78, 5) is 16.8. The Hall–Kier alpha value is -3.12. The summed E-state index contributed by atoms with van der Waals surface area (Å²) >= 11 is 0. The number of hydrogen-bond donors (Lipinski definition) is 0. The van der Waals surface area contributed by atoms with Gasteiger partial charge in [0.2, 0.25) is 0 Å². The number of benzene rings is 2. The van der Waals surface area contributed by atoms with Crippen molar-refractivity contribution in [2.45, 2.75) is 32.6 Å². The second-order valence-electron chi connectivity index (χ2n) is 7.51. The molecule has 30 heavy (non-hydrogen) atoms. The number of allylic oxidation sites excluding steroid dienone is 4. The molecule has 0 fully saturated rings. The maximum atomic E-state index is 13.0. The fourth-order valence-electron chi connectivity index (χ4n) is 2.96. The molecule has 5 nitrogen and oxygen atoms in total. The summed E-state index contributed by atoms with van der Waals surface area (Å²) in [6.45, 7) is 7.53. The van der Waals surface area contributed by atoms with Crippen LogP contribution < -0.4 is 0 Å². The van der Waals surface area contributed by atoms with Gasteiger partial charge in [0.1, 0.15) is 0 Å². The van der Waals surface area contributed by atoms with E-state index in [0.29, 0.717) is 16.8 Å². The van der Waals surface area contributed by atoms with E-state index in [2.05, 4.69) is 9.39 Å². The molecule has 2 aromatic carbocycles. The van der Waals surface area contributed by atoms with Crippen molar-refractivity contribution in [3.8, 4) is 0 Å². The lowest BCUT2D eigenvalue weighted by Crippen LogP contribution is -2.18. The predicted molar refractivity (Wildman–Crippen MR) is 120 cm³/mol. The quantitative estimate of drug-likeness (QED) is 0.409. The third-order valence-electron chi connectivity index (χ3n) is 4.73. The fraction of sp³-hybridized carbons (Fsp3) is 0.208. The number of sulfonamides is 1. The van der Waals surface area contributed by atoms with E-state index < -0.39 is 10.0 Å². The van der Waals surface area contributed by atoms with E-state index in [1.807, 2.05) is 26.8 Å². The van der Waals surface area contributed by atoms with E-state index in [-0.39, 0.29) is 22.4 Å². The van der Waals surface area contributed by atoms with Gasteiger partial charge in [-0.25, -0.2) is 4.99 Å². The van der Waals surface area contributed by atoms with Crippen molar-refractivity contribution < 1.29 is 13.2 Å². The number of rotatable bonds is 4. The molecule has 0 radical (unpaired) electrons. The normalized spacial score (nSPS) is 16.6. The second kappa shape index (κ2) is 8.71. The van der Waals surface area contributed by atoms with Crippen molar-refractivity contribution in [1.29, 1.82) is 0 Å². The summed E-state index contributed by atoms with van der Waals surface area (Å²) in [5.74, 6) is 0.0574. The van der Waals surface area contributed by atoms with Crippen LogP contribution in [0.1, 0.15) is 31.9 Å². The van der Waals surface area contributed by atoms with Crippen LogP contribution in [-0.2, 0) is 14.8 Å². The van der Waals surface area contributed by atoms with Crippen molar-refractivity contribution in [2.24, 2.45) is 15.3 Å². The molecule has 0 N–H and O–H groups in total. The Kier molecular flexibility index (Phi) is 6.27. The molecule has 0 amide bonds. The minimum absolute atomic E-state index is 0.0442. The molecule has 0 bridgehead atoms. The lowest BCUT2D eigenvalue weighted by molar-refractivity contribution is -0.111. The largest absolute Gasteiger partial charge is 0.290 e. The monoisotopic (exact) mass is 420 g/mol. The van der Waals surface area contributed by atoms with Crippen LogP contribution in [0.3, 0.4) is 0 Å². The number of aliphatic imine (C=N–C) groups is 1. The average Bonchev–Trinajstić information content (AvgIpc) is 2.70. The average molecular weight is 421 g/mol. The molecule has 0 saturated carbocycles. The van der Waals surface area contributed by atoms with Gasteiger partial charge in [-0.1, -0.05) is 61.9 Å². The highest BCUT2D eigenvalue weighted by atomic mass is 32.2. The van der Waals surface area contributed by atoms with E-state index in [9.17, 15) is 13.2 Å². The second-order valence-corrected chi connectivity index (χ2v) is 9.12. The Labute approximate surface area is 177 Å². The van der Waals surface area contributed by atoms with Gasteiger partial charge in [0, 0.05) is 5.56 Å². The van der Waals surface area contributed by atoms with Gasteiger partial charge < -0.3 is 0 Å². The molecule has 0 atom stereocenters. The summed E-state index contributed by atoms with van der Waals surface area (Å²) in [6, 6.07) is 15.5. The highest BCUT2D eigenvalue weighted by molar-refractivity contribution is 7.90. The Morgan fingerprint density at radius 2 is 1.53 bits per heavy atom. The Balaban J connectivity index is 2.18. The first-order valence-corrected chi connectivity index (χ1v) is 11.1. The van der Waals surface area contributed by atoms with Gasteiger partial charge in [-0.3, -0.25) is 4.79 Å². The van der Waals surface area contributed by atoms with Gasteiger partial charge in [0.05, 0.1) is 10.6 Å². The number of nitrogens with zero attached hydrogens (tertiary/aromatic N) is 2. The van der Waals surface area contributed by atoms with Gasteiger partial charge in [-0.2, -0.15) is 8.42 Å². The lowest BCUT2D eigenvalue weighted by Gasteiger charge is -2.17. The Bertz CT molecular complexity index is 1180. The smallest absolute Gasteiger partial charge is 0.284 e. The van der Waals surface area contributed by atoms with E-state index in [1.54, 1.807) is 55.5 Å². The van der Waals surface area contributed by atoms with Crippen molar-refractivity contribution in [2.75, 3.05) is 0 Å². The third kappa shape index (κ3) is 4.89. The molecular formula is C24H24N2O3S. The van der Waals surface area contributed by atoms with Gasteiger partial charge in [-0.05, 0) is 55.2 Å². The molecule has 6 heteroatoms. The number of aryl methyl sites for hydroxylation is 1. The first kappa shape index (κ1) is 21.6. The standard InChI is InChI=1S/C24H24N2O3S/c1-16(2)21-15-23(27)18(4)14-22(21)25-24(19-8-6-5-7-9-19)26-30(28,29)20-12-10-17(3)11-13-20/h5-16H,1-4H3/b25-22?,26-24-. The van der Waals surface area contributed by atoms with Crippen molar-refractivity contribution in [3.63, 3.8) is 0 Å². The topological polar surface area (TPSA) is 75.9 Å². The first-order valence-electron chi connectivity index (χ1n) is 9.68. The molecule has 0 aliphatic heterocycles. The molecule has 0 saturated heterocycles. The molecular weight excluding hydrogens is 396 g/mol. The van der Waals surface area contributed by atoms with Gasteiger partial charge in [0.25, 0.3) is 10.0 Å². The molecule has 3 rings (SSSR count). The zero-order chi connectivity index (χ0) is 21.9. The van der Waals surface area contributed by atoms with Crippen LogP contribution in [0.4, 0.5) is 0 Å². The van der Waals surface area contributed by atoms with Crippen LogP contribution in [-0.4, -0.2) is 25.7 Å². The highest BCUT2D eigenvalue weighted by Gasteiger charge is 2.21. The van der Waals surface area contributed by atoms with Crippen LogP contribution in [0.2, 0.25) is 0 Å². The Morgan fingerprint density at radius 1 is 0.900 bits per heavy atom. The van der Waals surface area contributed by atoms with Crippen molar-refractivity contribution >= 4 is 27.4 Å². The molecule has 0 heterocycles. The predicted octanol–water partition coefficient (Wildman–Crippen LogP) is 4.68. The van der Waals surface area contributed by atoms with E-state index >= 15 is 0 Å². The van der Waals surface area contributed by atoms with Crippen LogP contribution in [0, 0.1) is 12.8 Å². The number of hydrogen-bond acceptors (Lipinski definition) is 3. The number of carbonyl (C=O) groups excluding carboxylic acids is 1. The van der Waals surface area contributed by atoms with Crippen LogP contribution in [0.5, 0.6) is 0 Å². The summed E-state index contributed by atoms with van der Waals surface area (Å²) in [5.41, 5.74) is 3.38. The number of carbonyl (C=O) groups is 1. The van der Waals surface area contributed by atoms with Crippen molar-refractivity contribution in [3.05, 3.63) is 89.0 Å². The number of amidine groups is 1. The van der Waals surface area contributed by atoms with Gasteiger partial charge >= 0.3 is 0 Å². The maximum absolute atomic E-state index is 13.0. The Morgan fingerprint density at radius 3 is 2.13 bits per heavy atom. The summed E-state index contributed by atoms with van der Waals surface area (Å²) in [6.07, 6.45) is 3.25. The first-order chi connectivity index (χ1) is 14.2. The lowest BCUT2D eigenvalue weighted by atomic mass is 9.90. The van der Waals surface area contributed by atoms with Crippen LogP contribution in [0.25, 0.3) is 0 Å². The molecule has 0 spiro atoms. The third-order valence-corrected chi connectivity index (χ3v) is 6.01. The highest BCUT2D eigenvalue weighted by Crippen LogP contribution is 2.22. The summed E-state index contributed by atoms with van der Waals surface area (Å²) in [5, 5.41) is 0. The zero-order valence-corrected chi connectivity index (χ0v) is 18.3. The maximum Gasteiger partial charge on any atom is 0.284 e. The zero-order valence-electron chi connectivity index (χ0n) is 17.5. The molecule has 2 aromatic rings. The summed E-state index contributed by atoms with van der Waals surface area (Å²) in [7, 11) is -3.96. The van der Waals surface area contributed by atoms with Crippen LogP contribution in [0.15, 0.2) is 92.2 Å². The molecule has 1 aliphatic rings. The number of ketones is 1. The van der Waals surface area contributed by atoms with E-state index in [1.165, 1.54) is 12.1 Å².